The summed E-state index contributed by atoms with van der Waals surface area (Å²) in [5.74, 6) is 2.16. The van der Waals surface area contributed by atoms with Gasteiger partial charge in [-0.2, -0.15) is 0 Å². The molecule has 8 N–H and O–H groups in total. The standard InChI is InChI=1S/C39H64O14/c1-17-5-10-39(48-16-17)18(2)28-25(53-39)13-22-20-12-24(42)23-11-19(6-8-37(23,3)21(20)7-9-38(22,28)4)49-36-34(32(46)30(44)27(15-41)51-36)52-35-33(47)31(45)29(43)26(14-40)50-35/h17-36,40-47H,5-16H2,1-4H3/t17?,18-,19-,20+,21-,22-,23?,24-,25-,26+,27+,28-,29+,30+,31-,32-,33+,34+,35-,36+,37+,38-,39+/m0/s1. The molecule has 4 aliphatic heterocycles. The lowest BCUT2D eigenvalue weighted by molar-refractivity contribution is -0.373. The molecule has 4 saturated carbocycles. The highest BCUT2D eigenvalue weighted by atomic mass is 16.8. The zero-order valence-electron chi connectivity index (χ0n) is 31.6. The minimum absolute atomic E-state index is 0.0404. The van der Waals surface area contributed by atoms with E-state index in [1.807, 2.05) is 0 Å². The van der Waals surface area contributed by atoms with Crippen LogP contribution in [0.3, 0.4) is 0 Å². The molecular weight excluding hydrogens is 692 g/mol. The van der Waals surface area contributed by atoms with E-state index < -0.39 is 92.6 Å². The van der Waals surface area contributed by atoms with Crippen LogP contribution < -0.4 is 0 Å². The Kier molecular flexibility index (Phi) is 10.6. The smallest absolute Gasteiger partial charge is 0.187 e. The fourth-order valence-corrected chi connectivity index (χ4v) is 13.2. The Morgan fingerprint density at radius 2 is 1.34 bits per heavy atom. The minimum Gasteiger partial charge on any atom is -0.394 e. The number of hydrogen-bond donors (Lipinski definition) is 8. The Morgan fingerprint density at radius 3 is 2.02 bits per heavy atom. The van der Waals surface area contributed by atoms with Crippen LogP contribution in [0.5, 0.6) is 0 Å². The first-order chi connectivity index (χ1) is 25.2. The predicted molar refractivity (Wildman–Crippen MR) is 184 cm³/mol. The van der Waals surface area contributed by atoms with E-state index in [9.17, 15) is 40.9 Å². The van der Waals surface area contributed by atoms with Gasteiger partial charge in [-0.25, -0.2) is 0 Å². The van der Waals surface area contributed by atoms with Gasteiger partial charge >= 0.3 is 0 Å². The van der Waals surface area contributed by atoms with Gasteiger partial charge in [0.15, 0.2) is 18.4 Å². The van der Waals surface area contributed by atoms with Crippen molar-refractivity contribution in [3.8, 4) is 0 Å². The van der Waals surface area contributed by atoms with Crippen LogP contribution in [0.2, 0.25) is 0 Å². The third-order valence-electron chi connectivity index (χ3n) is 16.2. The lowest BCUT2D eigenvalue weighted by atomic mass is 9.43. The zero-order chi connectivity index (χ0) is 37.8. The van der Waals surface area contributed by atoms with Crippen LogP contribution >= 0.6 is 0 Å². The summed E-state index contributed by atoms with van der Waals surface area (Å²) in [4.78, 5) is 0. The molecule has 8 fully saturated rings. The van der Waals surface area contributed by atoms with Crippen molar-refractivity contribution < 1.29 is 69.3 Å². The molecule has 23 atom stereocenters. The molecule has 0 amide bonds. The van der Waals surface area contributed by atoms with Crippen molar-refractivity contribution in [2.45, 2.75) is 171 Å². The molecule has 4 heterocycles. The van der Waals surface area contributed by atoms with Crippen LogP contribution in [-0.2, 0) is 28.4 Å². The van der Waals surface area contributed by atoms with Crippen LogP contribution in [0.15, 0.2) is 0 Å². The van der Waals surface area contributed by atoms with Crippen molar-refractivity contribution in [1.29, 1.82) is 0 Å². The second-order valence-electron chi connectivity index (χ2n) is 18.8. The Balaban J connectivity index is 0.961. The van der Waals surface area contributed by atoms with Crippen molar-refractivity contribution in [3.05, 3.63) is 0 Å². The molecule has 53 heavy (non-hydrogen) atoms. The average Bonchev–Trinajstić information content (AvgIpc) is 3.58. The number of hydrogen-bond acceptors (Lipinski definition) is 14. The summed E-state index contributed by atoms with van der Waals surface area (Å²) >= 11 is 0. The second-order valence-corrected chi connectivity index (χ2v) is 18.8. The van der Waals surface area contributed by atoms with E-state index in [2.05, 4.69) is 27.7 Å². The van der Waals surface area contributed by atoms with E-state index in [1.54, 1.807) is 0 Å². The fraction of sp³-hybridized carbons (Fsp3) is 1.00. The first-order valence-electron chi connectivity index (χ1n) is 20.4. The number of ether oxygens (including phenoxy) is 6. The molecule has 1 spiro atoms. The van der Waals surface area contributed by atoms with Gasteiger partial charge in [-0.3, -0.25) is 0 Å². The van der Waals surface area contributed by atoms with Gasteiger partial charge in [-0.15, -0.1) is 0 Å². The average molecular weight is 757 g/mol. The summed E-state index contributed by atoms with van der Waals surface area (Å²) in [7, 11) is 0. The van der Waals surface area contributed by atoms with Gasteiger partial charge in [0.1, 0.15) is 48.8 Å². The summed E-state index contributed by atoms with van der Waals surface area (Å²) in [6.45, 7) is 8.93. The van der Waals surface area contributed by atoms with Gasteiger partial charge < -0.3 is 69.3 Å². The van der Waals surface area contributed by atoms with E-state index in [0.29, 0.717) is 48.3 Å². The topological polar surface area (TPSA) is 217 Å². The normalized spacial score (nSPS) is 59.5. The van der Waals surface area contributed by atoms with Crippen LogP contribution in [0.1, 0.15) is 85.5 Å². The molecule has 0 bridgehead atoms. The van der Waals surface area contributed by atoms with Crippen molar-refractivity contribution in [3.63, 3.8) is 0 Å². The molecule has 8 aliphatic rings. The summed E-state index contributed by atoms with van der Waals surface area (Å²) < 4.78 is 37.3. The maximum absolute atomic E-state index is 12.0. The van der Waals surface area contributed by atoms with Gasteiger partial charge in [0.05, 0.1) is 38.1 Å². The first kappa shape index (κ1) is 39.3. The van der Waals surface area contributed by atoms with Crippen molar-refractivity contribution in [1.82, 2.24) is 0 Å². The van der Waals surface area contributed by atoms with Crippen molar-refractivity contribution in [2.75, 3.05) is 19.8 Å². The SMILES string of the molecule is CC1CC[C@@]2(OC1)O[C@H]1C[C@H]3[C@@H]4C[C@H](O)C5C[C@@H](O[C@@H]6O[C@H](CO)[C@@H](O)[C@H](O)[C@H]6O[C@@H]6O[C@H](CO)[C@@H](O)[C@H](O)[C@H]6O)CC[C@]5(C)[C@H]4CC[C@]3(C)[C@H]1[C@@H]2C. The molecule has 4 aliphatic carbocycles. The Hall–Kier alpha value is -0.560. The van der Waals surface area contributed by atoms with E-state index >= 15 is 0 Å². The predicted octanol–water partition coefficient (Wildman–Crippen LogP) is 0.413. The number of fused-ring (bicyclic) bond motifs is 7. The van der Waals surface area contributed by atoms with Gasteiger partial charge in [-0.1, -0.05) is 27.7 Å². The molecule has 0 aromatic rings. The van der Waals surface area contributed by atoms with Gasteiger partial charge in [0.25, 0.3) is 0 Å². The highest BCUT2D eigenvalue weighted by Crippen LogP contribution is 2.71. The zero-order valence-corrected chi connectivity index (χ0v) is 31.6. The lowest BCUT2D eigenvalue weighted by Crippen LogP contribution is -2.65. The molecule has 0 aromatic heterocycles. The van der Waals surface area contributed by atoms with E-state index in [4.69, 9.17) is 28.4 Å². The quantitative estimate of drug-likeness (QED) is 0.173. The number of rotatable bonds is 6. The van der Waals surface area contributed by atoms with Crippen molar-refractivity contribution in [2.24, 2.45) is 52.3 Å². The summed E-state index contributed by atoms with van der Waals surface area (Å²) in [5.41, 5.74) is 0.0217. The first-order valence-corrected chi connectivity index (χ1v) is 20.4. The maximum atomic E-state index is 12.0. The Bertz CT molecular complexity index is 1300. The largest absolute Gasteiger partial charge is 0.394 e. The molecule has 4 saturated heterocycles. The highest BCUT2D eigenvalue weighted by molar-refractivity contribution is 5.16. The van der Waals surface area contributed by atoms with E-state index in [0.717, 1.165) is 51.6 Å². The molecule has 0 aromatic carbocycles. The molecule has 8 rings (SSSR count). The highest BCUT2D eigenvalue weighted by Gasteiger charge is 2.70. The second kappa shape index (κ2) is 14.4. The van der Waals surface area contributed by atoms with Crippen LogP contribution in [0.4, 0.5) is 0 Å². The van der Waals surface area contributed by atoms with Crippen LogP contribution in [0, 0.1) is 52.3 Å². The Labute approximate surface area is 312 Å². The minimum atomic E-state index is -1.74. The number of aliphatic hydroxyl groups excluding tert-OH is 8. The molecule has 0 radical (unpaired) electrons. The summed E-state index contributed by atoms with van der Waals surface area (Å²) in [6, 6.07) is 0. The fourth-order valence-electron chi connectivity index (χ4n) is 13.2. The van der Waals surface area contributed by atoms with Gasteiger partial charge in [-0.05, 0) is 97.7 Å². The molecule has 14 nitrogen and oxygen atoms in total. The molecule has 304 valence electrons. The lowest BCUT2D eigenvalue weighted by Gasteiger charge is -2.62. The van der Waals surface area contributed by atoms with Crippen LogP contribution in [0.25, 0.3) is 0 Å². The molecule has 14 heteroatoms. The van der Waals surface area contributed by atoms with Crippen LogP contribution in [-0.4, -0.2) is 146 Å². The molecular formula is C39H64O14. The monoisotopic (exact) mass is 756 g/mol. The van der Waals surface area contributed by atoms with E-state index in [1.165, 1.54) is 0 Å². The molecule has 2 unspecified atom stereocenters. The van der Waals surface area contributed by atoms with Gasteiger partial charge in [0.2, 0.25) is 0 Å². The maximum Gasteiger partial charge on any atom is 0.187 e. The third-order valence-corrected chi connectivity index (χ3v) is 16.2. The summed E-state index contributed by atoms with van der Waals surface area (Å²) in [5, 5.41) is 84.7. The number of aliphatic hydroxyl groups is 8. The Morgan fingerprint density at radius 1 is 0.660 bits per heavy atom. The van der Waals surface area contributed by atoms with Gasteiger partial charge in [0, 0.05) is 12.3 Å². The summed E-state index contributed by atoms with van der Waals surface area (Å²) in [6.07, 6.45) is -7.68. The van der Waals surface area contributed by atoms with E-state index in [-0.39, 0.29) is 22.9 Å². The van der Waals surface area contributed by atoms with Crippen molar-refractivity contribution >= 4 is 0 Å². The third kappa shape index (κ3) is 6.20.